The molecule has 0 nitrogen and oxygen atoms in total. The molecule has 0 heteroatoms. The fourth-order valence-electron chi connectivity index (χ4n) is 4.32. The zero-order valence-electron chi connectivity index (χ0n) is 15.2. The van der Waals surface area contributed by atoms with Crippen LogP contribution in [0.4, 0.5) is 0 Å². The summed E-state index contributed by atoms with van der Waals surface area (Å²) < 4.78 is 0. The molecule has 0 bridgehead atoms. The quantitative estimate of drug-likeness (QED) is 0.445. The van der Waals surface area contributed by atoms with Crippen molar-refractivity contribution in [2.45, 2.75) is 99.3 Å². The van der Waals surface area contributed by atoms with E-state index in [1.54, 1.807) is 0 Å². The first kappa shape index (κ1) is 18.1. The van der Waals surface area contributed by atoms with Gasteiger partial charge >= 0.3 is 0 Å². The molecule has 1 aliphatic rings. The van der Waals surface area contributed by atoms with Gasteiger partial charge in [0.2, 0.25) is 0 Å². The fraction of sp³-hybridized carbons (Fsp3) is 1.00. The van der Waals surface area contributed by atoms with Gasteiger partial charge < -0.3 is 0 Å². The van der Waals surface area contributed by atoms with Crippen LogP contribution in [0.15, 0.2) is 0 Å². The second kappa shape index (κ2) is 8.44. The van der Waals surface area contributed by atoms with Gasteiger partial charge in [0.1, 0.15) is 0 Å². The van der Waals surface area contributed by atoms with Gasteiger partial charge in [-0.15, -0.1) is 0 Å². The third kappa shape index (κ3) is 7.14. The minimum atomic E-state index is 0.496. The molecular weight excluding hydrogens is 240 g/mol. The summed E-state index contributed by atoms with van der Waals surface area (Å²) in [5.41, 5.74) is 0.496. The summed E-state index contributed by atoms with van der Waals surface area (Å²) >= 11 is 0. The molecule has 0 saturated heterocycles. The number of hydrogen-bond donors (Lipinski definition) is 0. The Labute approximate surface area is 129 Å². The zero-order chi connectivity index (χ0) is 15.2. The van der Waals surface area contributed by atoms with Crippen LogP contribution in [0.25, 0.3) is 0 Å². The van der Waals surface area contributed by atoms with Crippen molar-refractivity contribution in [2.75, 3.05) is 0 Å². The molecule has 1 aliphatic carbocycles. The SMILES string of the molecule is CC[C@H](C)CC[C@H](C[C@@H](C)CC(C)(C)C)C1CCCC1. The first-order chi connectivity index (χ1) is 9.31. The molecule has 0 radical (unpaired) electrons. The van der Waals surface area contributed by atoms with Gasteiger partial charge in [-0.05, 0) is 48.3 Å². The molecule has 120 valence electrons. The fourth-order valence-corrected chi connectivity index (χ4v) is 4.32. The third-order valence-corrected chi connectivity index (χ3v) is 5.46. The van der Waals surface area contributed by atoms with E-state index in [4.69, 9.17) is 0 Å². The van der Waals surface area contributed by atoms with Crippen molar-refractivity contribution < 1.29 is 0 Å². The summed E-state index contributed by atoms with van der Waals surface area (Å²) in [4.78, 5) is 0. The molecule has 0 amide bonds. The van der Waals surface area contributed by atoms with Crippen molar-refractivity contribution in [3.63, 3.8) is 0 Å². The van der Waals surface area contributed by atoms with Gasteiger partial charge in [-0.3, -0.25) is 0 Å². The number of hydrogen-bond acceptors (Lipinski definition) is 0. The predicted molar refractivity (Wildman–Crippen MR) is 92.0 cm³/mol. The zero-order valence-corrected chi connectivity index (χ0v) is 15.2. The van der Waals surface area contributed by atoms with E-state index < -0.39 is 0 Å². The molecule has 0 aliphatic heterocycles. The van der Waals surface area contributed by atoms with Gasteiger partial charge in [-0.1, -0.05) is 80.1 Å². The summed E-state index contributed by atoms with van der Waals surface area (Å²) in [7, 11) is 0. The van der Waals surface area contributed by atoms with E-state index in [9.17, 15) is 0 Å². The average Bonchev–Trinajstić information content (AvgIpc) is 2.85. The third-order valence-electron chi connectivity index (χ3n) is 5.46. The van der Waals surface area contributed by atoms with E-state index in [0.29, 0.717) is 5.41 Å². The van der Waals surface area contributed by atoms with Crippen LogP contribution in [0.5, 0.6) is 0 Å². The lowest BCUT2D eigenvalue weighted by Crippen LogP contribution is -2.19. The maximum absolute atomic E-state index is 2.50. The Morgan fingerprint density at radius 3 is 2.05 bits per heavy atom. The Hall–Kier alpha value is 0. The van der Waals surface area contributed by atoms with Gasteiger partial charge in [0.05, 0.1) is 0 Å². The molecule has 1 fully saturated rings. The largest absolute Gasteiger partial charge is 0.0651 e. The van der Waals surface area contributed by atoms with Crippen LogP contribution in [-0.4, -0.2) is 0 Å². The molecule has 0 aromatic carbocycles. The molecule has 0 aromatic rings. The average molecular weight is 281 g/mol. The lowest BCUT2D eigenvalue weighted by molar-refractivity contribution is 0.208. The number of rotatable bonds is 8. The van der Waals surface area contributed by atoms with Gasteiger partial charge in [-0.25, -0.2) is 0 Å². The van der Waals surface area contributed by atoms with Gasteiger partial charge in [0.25, 0.3) is 0 Å². The van der Waals surface area contributed by atoms with Crippen molar-refractivity contribution >= 4 is 0 Å². The Kier molecular flexibility index (Phi) is 7.62. The lowest BCUT2D eigenvalue weighted by Gasteiger charge is -2.30. The highest BCUT2D eigenvalue weighted by atomic mass is 14.3. The highest BCUT2D eigenvalue weighted by Crippen LogP contribution is 2.39. The lowest BCUT2D eigenvalue weighted by atomic mass is 9.75. The van der Waals surface area contributed by atoms with E-state index in [1.165, 1.54) is 57.8 Å². The molecule has 0 heterocycles. The van der Waals surface area contributed by atoms with Crippen LogP contribution in [-0.2, 0) is 0 Å². The molecule has 20 heavy (non-hydrogen) atoms. The normalized spacial score (nSPS) is 21.9. The van der Waals surface area contributed by atoms with Crippen molar-refractivity contribution in [1.82, 2.24) is 0 Å². The topological polar surface area (TPSA) is 0 Å². The maximum atomic E-state index is 2.50. The molecular formula is C20H40. The Bertz CT molecular complexity index is 241. The second-order valence-electron chi connectivity index (χ2n) is 9.00. The van der Waals surface area contributed by atoms with Crippen LogP contribution >= 0.6 is 0 Å². The van der Waals surface area contributed by atoms with Crippen molar-refractivity contribution in [2.24, 2.45) is 29.1 Å². The minimum Gasteiger partial charge on any atom is -0.0651 e. The molecule has 0 aromatic heterocycles. The molecule has 0 spiro atoms. The van der Waals surface area contributed by atoms with Crippen LogP contribution in [0.3, 0.4) is 0 Å². The Balaban J connectivity index is 2.48. The highest BCUT2D eigenvalue weighted by Gasteiger charge is 2.27. The summed E-state index contributed by atoms with van der Waals surface area (Å²) in [6, 6.07) is 0. The molecule has 0 unspecified atom stereocenters. The predicted octanol–water partition coefficient (Wildman–Crippen LogP) is 7.08. The molecule has 1 saturated carbocycles. The van der Waals surface area contributed by atoms with E-state index in [-0.39, 0.29) is 0 Å². The van der Waals surface area contributed by atoms with Crippen molar-refractivity contribution in [1.29, 1.82) is 0 Å². The highest BCUT2D eigenvalue weighted by molar-refractivity contribution is 4.79. The van der Waals surface area contributed by atoms with Crippen molar-refractivity contribution in [3.8, 4) is 0 Å². The molecule has 3 atom stereocenters. The second-order valence-corrected chi connectivity index (χ2v) is 9.00. The van der Waals surface area contributed by atoms with Gasteiger partial charge in [0.15, 0.2) is 0 Å². The minimum absolute atomic E-state index is 0.496. The summed E-state index contributed by atoms with van der Waals surface area (Å²) in [5.74, 6) is 3.90. The Morgan fingerprint density at radius 1 is 0.950 bits per heavy atom. The van der Waals surface area contributed by atoms with Crippen LogP contribution in [0.2, 0.25) is 0 Å². The van der Waals surface area contributed by atoms with Crippen molar-refractivity contribution in [3.05, 3.63) is 0 Å². The van der Waals surface area contributed by atoms with E-state index in [0.717, 1.165) is 23.7 Å². The van der Waals surface area contributed by atoms with E-state index in [2.05, 4.69) is 41.5 Å². The standard InChI is InChI=1S/C20H40/c1-7-16(2)12-13-19(18-10-8-9-11-18)14-17(3)15-20(4,5)6/h16-19H,7-15H2,1-6H3/t16-,17+,19+/m0/s1. The van der Waals surface area contributed by atoms with Crippen LogP contribution in [0, 0.1) is 29.1 Å². The Morgan fingerprint density at radius 2 is 1.55 bits per heavy atom. The smallest absolute Gasteiger partial charge is 0.0380 e. The maximum Gasteiger partial charge on any atom is -0.0380 e. The van der Waals surface area contributed by atoms with Gasteiger partial charge in [-0.2, -0.15) is 0 Å². The summed E-state index contributed by atoms with van der Waals surface area (Å²) in [6.45, 7) is 14.5. The summed E-state index contributed by atoms with van der Waals surface area (Å²) in [5, 5.41) is 0. The molecule has 0 N–H and O–H groups in total. The van der Waals surface area contributed by atoms with Gasteiger partial charge in [0, 0.05) is 0 Å². The van der Waals surface area contributed by atoms with Crippen LogP contribution in [0.1, 0.15) is 99.3 Å². The first-order valence-corrected chi connectivity index (χ1v) is 9.31. The molecule has 1 rings (SSSR count). The first-order valence-electron chi connectivity index (χ1n) is 9.31. The van der Waals surface area contributed by atoms with Crippen LogP contribution < -0.4 is 0 Å². The summed E-state index contributed by atoms with van der Waals surface area (Å²) in [6.07, 6.45) is 13.2. The van der Waals surface area contributed by atoms with E-state index in [1.807, 2.05) is 0 Å². The monoisotopic (exact) mass is 280 g/mol. The van der Waals surface area contributed by atoms with E-state index >= 15 is 0 Å².